The Morgan fingerprint density at radius 2 is 1.46 bits per heavy atom. The van der Waals surface area contributed by atoms with Crippen LogP contribution in [-0.2, 0) is 38.8 Å². The normalized spacial score (nSPS) is 12.3. The van der Waals surface area contributed by atoms with Crippen molar-refractivity contribution in [3.8, 4) is 0 Å². The van der Waals surface area contributed by atoms with Crippen molar-refractivity contribution in [2.45, 2.75) is 50.9 Å². The third-order valence-electron chi connectivity index (χ3n) is 7.41. The minimum Gasteiger partial charge on any atom is -0.355 e. The van der Waals surface area contributed by atoms with Crippen LogP contribution in [0.3, 0.4) is 0 Å². The third kappa shape index (κ3) is 8.54. The van der Waals surface area contributed by atoms with Gasteiger partial charge in [0.15, 0.2) is 0 Å². The molecule has 1 N–H and O–H groups in total. The molecule has 0 radical (unpaired) electrons. The van der Waals surface area contributed by atoms with Crippen LogP contribution >= 0.6 is 0 Å². The maximum absolute atomic E-state index is 14.4. The summed E-state index contributed by atoms with van der Waals surface area (Å²) in [5, 5.41) is 2.78. The molecule has 0 heterocycles. The summed E-state index contributed by atoms with van der Waals surface area (Å²) in [6.45, 7) is 4.78. The van der Waals surface area contributed by atoms with Gasteiger partial charge in [-0.3, -0.25) is 13.9 Å². The number of amides is 2. The number of likely N-dealkylation sites (N-methyl/N-ethyl adjacent to an activating group) is 1. The van der Waals surface area contributed by atoms with Gasteiger partial charge in [0.25, 0.3) is 10.0 Å². The van der Waals surface area contributed by atoms with Gasteiger partial charge < -0.3 is 10.2 Å². The molecule has 0 aliphatic heterocycles. The number of hydrogen-bond donors (Lipinski definition) is 1. The Hall–Kier alpha value is -4.64. The predicted molar refractivity (Wildman–Crippen MR) is 172 cm³/mol. The lowest BCUT2D eigenvalue weighted by atomic mass is 10.0. The zero-order valence-corrected chi connectivity index (χ0v) is 26.6. The lowest BCUT2D eigenvalue weighted by molar-refractivity contribution is -0.140. The van der Waals surface area contributed by atoms with E-state index in [1.807, 2.05) is 43.3 Å². The molecule has 0 saturated carbocycles. The number of nitrogens with one attached hydrogen (secondary N) is 1. The molecule has 7 nitrogen and oxygen atoms in total. The molecule has 4 rings (SSSR count). The second-order valence-corrected chi connectivity index (χ2v) is 12.8. The van der Waals surface area contributed by atoms with Gasteiger partial charge in [0.1, 0.15) is 12.6 Å². The van der Waals surface area contributed by atoms with Crippen molar-refractivity contribution >= 4 is 27.5 Å². The lowest BCUT2D eigenvalue weighted by Gasteiger charge is -2.34. The van der Waals surface area contributed by atoms with Crippen LogP contribution < -0.4 is 9.62 Å². The summed E-state index contributed by atoms with van der Waals surface area (Å²) in [6, 6.07) is 25.0. The van der Waals surface area contributed by atoms with Crippen LogP contribution in [-0.4, -0.2) is 44.3 Å². The first-order chi connectivity index (χ1) is 21.8. The molecule has 0 aliphatic rings. The maximum atomic E-state index is 14.4. The molecule has 1 atom stereocenters. The topological polar surface area (TPSA) is 86.8 Å². The van der Waals surface area contributed by atoms with Gasteiger partial charge in [-0.25, -0.2) is 8.42 Å². The molecule has 2 amide bonds. The fourth-order valence-corrected chi connectivity index (χ4v) is 6.46. The standard InChI is InChI=1S/C35H36F3N3O4S/c1-4-39-34(43)32(21-27-11-6-5-7-12-27)40(23-28-13-8-10-26(3)20-28)33(42)24-41(30-15-9-14-29(22-30)35(36,37)38)46(44,45)31-18-16-25(2)17-19-31/h5-20,22,32H,4,21,23-24H2,1-3H3,(H,39,43)/t32-/m1/s1. The maximum Gasteiger partial charge on any atom is 0.416 e. The predicted octanol–water partition coefficient (Wildman–Crippen LogP) is 6.29. The molecule has 0 fully saturated rings. The van der Waals surface area contributed by atoms with Crippen molar-refractivity contribution < 1.29 is 31.2 Å². The Bertz CT molecular complexity index is 1760. The van der Waals surface area contributed by atoms with Gasteiger partial charge in [-0.2, -0.15) is 13.2 Å². The van der Waals surface area contributed by atoms with Gasteiger partial charge >= 0.3 is 6.18 Å². The summed E-state index contributed by atoms with van der Waals surface area (Å²) in [5.74, 6) is -1.21. The first kappa shape index (κ1) is 34.2. The number of benzene rings is 4. The Kier molecular flexibility index (Phi) is 10.9. The molecule has 4 aromatic carbocycles. The molecule has 0 saturated heterocycles. The average Bonchev–Trinajstić information content (AvgIpc) is 3.02. The van der Waals surface area contributed by atoms with Crippen molar-refractivity contribution in [2.24, 2.45) is 0 Å². The minimum atomic E-state index is -4.75. The van der Waals surface area contributed by atoms with Gasteiger partial charge in [0.2, 0.25) is 11.8 Å². The van der Waals surface area contributed by atoms with E-state index in [2.05, 4.69) is 5.32 Å². The van der Waals surface area contributed by atoms with Crippen LogP contribution in [0.15, 0.2) is 108 Å². The van der Waals surface area contributed by atoms with E-state index in [-0.39, 0.29) is 30.1 Å². The highest BCUT2D eigenvalue weighted by Gasteiger charge is 2.36. The van der Waals surface area contributed by atoms with Gasteiger partial charge in [-0.05, 0) is 62.2 Å². The number of nitrogens with zero attached hydrogens (tertiary/aromatic N) is 2. The van der Waals surface area contributed by atoms with Gasteiger partial charge in [-0.1, -0.05) is 83.9 Å². The SMILES string of the molecule is CCNC(=O)[C@@H](Cc1ccccc1)N(Cc1cccc(C)c1)C(=O)CN(c1cccc(C(F)(F)F)c1)S(=O)(=O)c1ccc(C)cc1. The second-order valence-electron chi connectivity index (χ2n) is 11.0. The Morgan fingerprint density at radius 3 is 2.09 bits per heavy atom. The number of carbonyl (C=O) groups is 2. The molecular formula is C35H36F3N3O4S. The van der Waals surface area contributed by atoms with E-state index in [0.29, 0.717) is 15.9 Å². The number of rotatable bonds is 12. The second kappa shape index (κ2) is 14.6. The zero-order valence-electron chi connectivity index (χ0n) is 25.8. The highest BCUT2D eigenvalue weighted by molar-refractivity contribution is 7.92. The number of anilines is 1. The molecule has 4 aromatic rings. The van der Waals surface area contributed by atoms with Crippen molar-refractivity contribution in [1.29, 1.82) is 0 Å². The fourth-order valence-electron chi connectivity index (χ4n) is 5.06. The van der Waals surface area contributed by atoms with Gasteiger partial charge in [0, 0.05) is 19.5 Å². The Balaban J connectivity index is 1.84. The third-order valence-corrected chi connectivity index (χ3v) is 9.19. The lowest BCUT2D eigenvalue weighted by Crippen LogP contribution is -2.53. The molecule has 0 bridgehead atoms. The van der Waals surface area contributed by atoms with Crippen molar-refractivity contribution in [2.75, 3.05) is 17.4 Å². The number of sulfonamides is 1. The van der Waals surface area contributed by atoms with Crippen LogP contribution in [0.4, 0.5) is 18.9 Å². The molecule has 46 heavy (non-hydrogen) atoms. The molecule has 0 unspecified atom stereocenters. The van der Waals surface area contributed by atoms with Crippen LogP contribution in [0.2, 0.25) is 0 Å². The van der Waals surface area contributed by atoms with E-state index in [4.69, 9.17) is 0 Å². The largest absolute Gasteiger partial charge is 0.416 e. The van der Waals surface area contributed by atoms with Crippen LogP contribution in [0.25, 0.3) is 0 Å². The first-order valence-corrected chi connectivity index (χ1v) is 16.2. The van der Waals surface area contributed by atoms with Crippen molar-refractivity contribution in [1.82, 2.24) is 10.2 Å². The van der Waals surface area contributed by atoms with E-state index in [1.165, 1.54) is 23.1 Å². The number of carbonyl (C=O) groups excluding carboxylic acids is 2. The van der Waals surface area contributed by atoms with Crippen LogP contribution in [0.5, 0.6) is 0 Å². The number of aryl methyl sites for hydroxylation is 2. The molecule has 0 aromatic heterocycles. The summed E-state index contributed by atoms with van der Waals surface area (Å²) in [6.07, 6.45) is -4.63. The molecule has 0 spiro atoms. The monoisotopic (exact) mass is 651 g/mol. The van der Waals surface area contributed by atoms with Crippen LogP contribution in [0, 0.1) is 13.8 Å². The number of hydrogen-bond acceptors (Lipinski definition) is 4. The summed E-state index contributed by atoms with van der Waals surface area (Å²) >= 11 is 0. The van der Waals surface area contributed by atoms with Crippen molar-refractivity contribution in [3.63, 3.8) is 0 Å². The minimum absolute atomic E-state index is 0.0455. The van der Waals surface area contributed by atoms with E-state index >= 15 is 0 Å². The summed E-state index contributed by atoms with van der Waals surface area (Å²) in [4.78, 5) is 29.0. The molecule has 11 heteroatoms. The van der Waals surface area contributed by atoms with Gasteiger partial charge in [-0.15, -0.1) is 0 Å². The summed E-state index contributed by atoms with van der Waals surface area (Å²) in [7, 11) is -4.54. The zero-order chi connectivity index (χ0) is 33.5. The molecule has 0 aliphatic carbocycles. The van der Waals surface area contributed by atoms with E-state index in [0.717, 1.165) is 28.8 Å². The highest BCUT2D eigenvalue weighted by atomic mass is 32.2. The summed E-state index contributed by atoms with van der Waals surface area (Å²) < 4.78 is 70.0. The molecule has 242 valence electrons. The smallest absolute Gasteiger partial charge is 0.355 e. The van der Waals surface area contributed by atoms with E-state index in [9.17, 15) is 31.2 Å². The van der Waals surface area contributed by atoms with Crippen LogP contribution in [0.1, 0.15) is 34.7 Å². The molecular weight excluding hydrogens is 615 g/mol. The number of alkyl halides is 3. The van der Waals surface area contributed by atoms with E-state index < -0.39 is 46.2 Å². The highest BCUT2D eigenvalue weighted by Crippen LogP contribution is 2.33. The summed E-state index contributed by atoms with van der Waals surface area (Å²) in [5.41, 5.74) is 1.75. The van der Waals surface area contributed by atoms with Crippen molar-refractivity contribution in [3.05, 3.63) is 131 Å². The van der Waals surface area contributed by atoms with Gasteiger partial charge in [0.05, 0.1) is 16.1 Å². The number of halogens is 3. The first-order valence-electron chi connectivity index (χ1n) is 14.7. The Labute approximate surface area is 267 Å². The quantitative estimate of drug-likeness (QED) is 0.195. The Morgan fingerprint density at radius 1 is 0.804 bits per heavy atom. The van der Waals surface area contributed by atoms with E-state index in [1.54, 1.807) is 44.2 Å². The fraction of sp³-hybridized carbons (Fsp3) is 0.257. The average molecular weight is 652 g/mol.